The van der Waals surface area contributed by atoms with E-state index in [4.69, 9.17) is 0 Å². The van der Waals surface area contributed by atoms with E-state index in [2.05, 4.69) is 46.3 Å². The average molecular weight is 381 g/mol. The first-order chi connectivity index (χ1) is 12.4. The molecule has 0 aliphatic heterocycles. The highest BCUT2D eigenvalue weighted by Crippen LogP contribution is 2.25. The molecule has 2 atom stereocenters. The van der Waals surface area contributed by atoms with Crippen LogP contribution in [0.3, 0.4) is 0 Å². The number of aliphatic imine (C=N–C) groups is 1. The maximum Gasteiger partial charge on any atom is 0.213 e. The van der Waals surface area contributed by atoms with Gasteiger partial charge in [-0.15, -0.1) is 0 Å². The standard InChI is InChI=1S/C19H32N4O2S/c1-15(18-10-5-4-6-11-18)16(2)23-19(20-3)21-12-13-26(24,25)22-14-17-8-7-9-17/h4-6,10-11,15-17,22H,7-9,12-14H2,1-3H3,(H2,20,21,23). The van der Waals surface area contributed by atoms with Crippen LogP contribution in [-0.2, 0) is 10.0 Å². The van der Waals surface area contributed by atoms with Crippen molar-refractivity contribution in [1.82, 2.24) is 15.4 Å². The number of benzene rings is 1. The Balaban J connectivity index is 1.74. The highest BCUT2D eigenvalue weighted by Gasteiger charge is 2.20. The van der Waals surface area contributed by atoms with Gasteiger partial charge in [0, 0.05) is 32.1 Å². The number of guanidine groups is 1. The Labute approximate surface area is 157 Å². The van der Waals surface area contributed by atoms with Crippen LogP contribution in [-0.4, -0.2) is 46.3 Å². The normalized spacial score (nSPS) is 18.0. The van der Waals surface area contributed by atoms with Crippen LogP contribution in [0.1, 0.15) is 44.6 Å². The molecule has 1 aromatic rings. The van der Waals surface area contributed by atoms with Gasteiger partial charge in [0.15, 0.2) is 5.96 Å². The Morgan fingerprint density at radius 3 is 2.50 bits per heavy atom. The van der Waals surface area contributed by atoms with Crippen LogP contribution in [0.2, 0.25) is 0 Å². The predicted molar refractivity (Wildman–Crippen MR) is 108 cm³/mol. The molecule has 1 aliphatic rings. The summed E-state index contributed by atoms with van der Waals surface area (Å²) in [5.74, 6) is 1.49. The summed E-state index contributed by atoms with van der Waals surface area (Å²) >= 11 is 0. The van der Waals surface area contributed by atoms with Crippen molar-refractivity contribution >= 4 is 16.0 Å². The van der Waals surface area contributed by atoms with E-state index in [0.29, 0.717) is 30.9 Å². The van der Waals surface area contributed by atoms with Gasteiger partial charge in [-0.3, -0.25) is 4.99 Å². The summed E-state index contributed by atoms with van der Waals surface area (Å²) < 4.78 is 26.8. The van der Waals surface area contributed by atoms with Crippen LogP contribution >= 0.6 is 0 Å². The SMILES string of the molecule is CN=C(NCCS(=O)(=O)NCC1CCC1)NC(C)C(C)c1ccccc1. The van der Waals surface area contributed by atoms with Crippen LogP contribution in [0, 0.1) is 5.92 Å². The molecule has 0 aromatic heterocycles. The molecule has 2 rings (SSSR count). The average Bonchev–Trinajstić information content (AvgIpc) is 2.59. The van der Waals surface area contributed by atoms with Crippen molar-refractivity contribution < 1.29 is 8.42 Å². The third kappa shape index (κ3) is 6.61. The van der Waals surface area contributed by atoms with E-state index in [1.165, 1.54) is 12.0 Å². The summed E-state index contributed by atoms with van der Waals surface area (Å²) in [6.07, 6.45) is 3.49. The molecule has 7 heteroatoms. The third-order valence-corrected chi connectivity index (χ3v) is 6.49. The minimum Gasteiger partial charge on any atom is -0.355 e. The molecular weight excluding hydrogens is 348 g/mol. The first-order valence-electron chi connectivity index (χ1n) is 9.40. The molecule has 2 unspecified atom stereocenters. The smallest absolute Gasteiger partial charge is 0.213 e. The molecule has 3 N–H and O–H groups in total. The molecular formula is C19H32N4O2S. The monoisotopic (exact) mass is 380 g/mol. The van der Waals surface area contributed by atoms with Crippen molar-refractivity contribution in [2.24, 2.45) is 10.9 Å². The number of sulfonamides is 1. The van der Waals surface area contributed by atoms with Gasteiger partial charge in [-0.1, -0.05) is 43.7 Å². The molecule has 26 heavy (non-hydrogen) atoms. The Hall–Kier alpha value is -1.60. The van der Waals surface area contributed by atoms with Crippen LogP contribution in [0.15, 0.2) is 35.3 Å². The topological polar surface area (TPSA) is 82.6 Å². The molecule has 0 heterocycles. The van der Waals surface area contributed by atoms with Gasteiger partial charge in [-0.25, -0.2) is 13.1 Å². The molecule has 1 saturated carbocycles. The maximum atomic E-state index is 12.0. The summed E-state index contributed by atoms with van der Waals surface area (Å²) in [5.41, 5.74) is 1.26. The van der Waals surface area contributed by atoms with Gasteiger partial charge in [0.05, 0.1) is 5.75 Å². The van der Waals surface area contributed by atoms with Gasteiger partial charge in [-0.05, 0) is 31.2 Å². The van der Waals surface area contributed by atoms with E-state index in [1.54, 1.807) is 7.05 Å². The van der Waals surface area contributed by atoms with Gasteiger partial charge in [-0.2, -0.15) is 0 Å². The molecule has 146 valence electrons. The van der Waals surface area contributed by atoms with Crippen molar-refractivity contribution in [1.29, 1.82) is 0 Å². The lowest BCUT2D eigenvalue weighted by Gasteiger charge is -2.25. The fourth-order valence-corrected chi connectivity index (χ4v) is 3.90. The van der Waals surface area contributed by atoms with Crippen molar-refractivity contribution in [3.05, 3.63) is 35.9 Å². The molecule has 0 bridgehead atoms. The van der Waals surface area contributed by atoms with E-state index < -0.39 is 10.0 Å². The first kappa shape index (κ1) is 20.7. The molecule has 0 spiro atoms. The minimum absolute atomic E-state index is 0.0447. The van der Waals surface area contributed by atoms with Crippen LogP contribution in [0.4, 0.5) is 0 Å². The van der Waals surface area contributed by atoms with Gasteiger partial charge >= 0.3 is 0 Å². The highest BCUT2D eigenvalue weighted by atomic mass is 32.2. The van der Waals surface area contributed by atoms with E-state index in [0.717, 1.165) is 12.8 Å². The quantitative estimate of drug-likeness (QED) is 0.452. The third-order valence-electron chi connectivity index (χ3n) is 5.14. The van der Waals surface area contributed by atoms with E-state index in [1.807, 2.05) is 18.2 Å². The summed E-state index contributed by atoms with van der Waals surface area (Å²) in [6.45, 7) is 5.16. The summed E-state index contributed by atoms with van der Waals surface area (Å²) in [5, 5.41) is 6.44. The van der Waals surface area contributed by atoms with Crippen LogP contribution in [0.25, 0.3) is 0 Å². The first-order valence-corrected chi connectivity index (χ1v) is 11.1. The molecule has 0 radical (unpaired) electrons. The zero-order valence-electron chi connectivity index (χ0n) is 16.0. The highest BCUT2D eigenvalue weighted by molar-refractivity contribution is 7.89. The summed E-state index contributed by atoms with van der Waals surface area (Å²) in [7, 11) is -1.55. The number of nitrogens with zero attached hydrogens (tertiary/aromatic N) is 1. The Morgan fingerprint density at radius 1 is 1.23 bits per heavy atom. The molecule has 0 saturated heterocycles. The fraction of sp³-hybridized carbons (Fsp3) is 0.632. The fourth-order valence-electron chi connectivity index (χ4n) is 2.90. The number of nitrogens with one attached hydrogen (secondary N) is 3. The van der Waals surface area contributed by atoms with Gasteiger partial charge < -0.3 is 10.6 Å². The Morgan fingerprint density at radius 2 is 1.92 bits per heavy atom. The second kappa shape index (κ2) is 9.92. The van der Waals surface area contributed by atoms with E-state index in [-0.39, 0.29) is 11.8 Å². The zero-order chi connectivity index (χ0) is 19.0. The van der Waals surface area contributed by atoms with Crippen LogP contribution in [0.5, 0.6) is 0 Å². The van der Waals surface area contributed by atoms with Crippen molar-refractivity contribution in [2.45, 2.75) is 45.1 Å². The minimum atomic E-state index is -3.24. The lowest BCUT2D eigenvalue weighted by Crippen LogP contribution is -2.46. The van der Waals surface area contributed by atoms with E-state index in [9.17, 15) is 8.42 Å². The molecule has 6 nitrogen and oxygen atoms in total. The Kier molecular flexibility index (Phi) is 7.90. The van der Waals surface area contributed by atoms with Gasteiger partial charge in [0.2, 0.25) is 10.0 Å². The second-order valence-corrected chi connectivity index (χ2v) is 9.02. The Bertz CT molecular complexity index is 672. The number of rotatable bonds is 9. The van der Waals surface area contributed by atoms with E-state index >= 15 is 0 Å². The molecule has 1 fully saturated rings. The zero-order valence-corrected chi connectivity index (χ0v) is 16.8. The largest absolute Gasteiger partial charge is 0.355 e. The van der Waals surface area contributed by atoms with Gasteiger partial charge in [0.1, 0.15) is 0 Å². The maximum absolute atomic E-state index is 12.0. The summed E-state index contributed by atoms with van der Waals surface area (Å²) in [6, 6.07) is 10.5. The van der Waals surface area contributed by atoms with Crippen molar-refractivity contribution in [3.8, 4) is 0 Å². The van der Waals surface area contributed by atoms with Crippen LogP contribution < -0.4 is 15.4 Å². The second-order valence-electron chi connectivity index (χ2n) is 7.10. The molecule has 1 aromatic carbocycles. The molecule has 1 aliphatic carbocycles. The number of hydrogen-bond donors (Lipinski definition) is 3. The van der Waals surface area contributed by atoms with Gasteiger partial charge in [0.25, 0.3) is 0 Å². The predicted octanol–water partition coefficient (Wildman–Crippen LogP) is 2.06. The summed E-state index contributed by atoms with van der Waals surface area (Å²) in [4.78, 5) is 4.20. The van der Waals surface area contributed by atoms with Crippen molar-refractivity contribution in [3.63, 3.8) is 0 Å². The lowest BCUT2D eigenvalue weighted by molar-refractivity contribution is 0.316. The molecule has 0 amide bonds. The number of hydrogen-bond acceptors (Lipinski definition) is 3. The lowest BCUT2D eigenvalue weighted by atomic mass is 9.86. The van der Waals surface area contributed by atoms with Crippen molar-refractivity contribution in [2.75, 3.05) is 25.9 Å².